The monoisotopic (exact) mass is 212 g/mol. The molecule has 5 nitrogen and oxygen atoms in total. The summed E-state index contributed by atoms with van der Waals surface area (Å²) in [5.41, 5.74) is -1.65. The molecule has 0 bridgehead atoms. The van der Waals surface area contributed by atoms with Crippen LogP contribution in [0.4, 0.5) is 0 Å². The molecule has 0 amide bonds. The number of carbonyl (C=O) groups is 2. The third kappa shape index (κ3) is 2.74. The lowest BCUT2D eigenvalue weighted by atomic mass is 9.93. The van der Waals surface area contributed by atoms with E-state index in [9.17, 15) is 19.8 Å². The summed E-state index contributed by atoms with van der Waals surface area (Å²) in [6.45, 7) is 0.618. The molecule has 0 aromatic rings. The van der Waals surface area contributed by atoms with Crippen molar-refractivity contribution in [2.75, 3.05) is 6.61 Å². The molecule has 0 saturated carbocycles. The Morgan fingerprint density at radius 3 is 2.67 bits per heavy atom. The highest BCUT2D eigenvalue weighted by Gasteiger charge is 2.34. The second kappa shape index (κ2) is 4.37. The molecule has 0 radical (unpaired) electrons. The van der Waals surface area contributed by atoms with Crippen molar-refractivity contribution in [3.63, 3.8) is 0 Å². The van der Waals surface area contributed by atoms with E-state index in [1.54, 1.807) is 6.08 Å². The quantitative estimate of drug-likeness (QED) is 0.479. The first-order chi connectivity index (χ1) is 6.96. The van der Waals surface area contributed by atoms with Crippen molar-refractivity contribution in [2.24, 2.45) is 0 Å². The molecule has 0 spiro atoms. The van der Waals surface area contributed by atoms with E-state index in [4.69, 9.17) is 0 Å². The molecule has 0 saturated heterocycles. The molecule has 5 heteroatoms. The first-order valence-electron chi connectivity index (χ1n) is 4.40. The number of ketones is 1. The number of allylic oxidation sites excluding steroid dienone is 2. The first-order valence-corrected chi connectivity index (χ1v) is 4.40. The highest BCUT2D eigenvalue weighted by atomic mass is 16.5. The van der Waals surface area contributed by atoms with E-state index < -0.39 is 30.1 Å². The van der Waals surface area contributed by atoms with Crippen LogP contribution in [0.2, 0.25) is 0 Å². The zero-order valence-corrected chi connectivity index (χ0v) is 8.21. The van der Waals surface area contributed by atoms with Crippen LogP contribution >= 0.6 is 0 Å². The first kappa shape index (κ1) is 11.6. The van der Waals surface area contributed by atoms with Crippen molar-refractivity contribution in [1.82, 2.24) is 0 Å². The predicted octanol–water partition coefficient (Wildman–Crippen LogP) is -0.663. The van der Waals surface area contributed by atoms with Gasteiger partial charge in [-0.15, -0.1) is 0 Å². The molecule has 0 aliphatic heterocycles. The number of hydrogen-bond acceptors (Lipinski definition) is 5. The van der Waals surface area contributed by atoms with Crippen molar-refractivity contribution in [2.45, 2.75) is 18.6 Å². The third-order valence-electron chi connectivity index (χ3n) is 2.02. The number of carbonyl (C=O) groups excluding carboxylic acids is 2. The van der Waals surface area contributed by atoms with E-state index in [-0.39, 0.29) is 0 Å². The largest absolute Gasteiger partial charge is 0.456 e. The van der Waals surface area contributed by atoms with Gasteiger partial charge >= 0.3 is 5.97 Å². The Morgan fingerprint density at radius 1 is 1.47 bits per heavy atom. The Hall–Kier alpha value is -1.46. The Labute approximate surface area is 86.7 Å². The van der Waals surface area contributed by atoms with Crippen LogP contribution in [-0.4, -0.2) is 40.3 Å². The van der Waals surface area contributed by atoms with E-state index in [1.165, 1.54) is 18.2 Å². The van der Waals surface area contributed by atoms with E-state index in [1.807, 2.05) is 0 Å². The van der Waals surface area contributed by atoms with Crippen molar-refractivity contribution in [1.29, 1.82) is 0 Å². The number of esters is 1. The molecule has 1 aliphatic carbocycles. The van der Waals surface area contributed by atoms with Crippen molar-refractivity contribution in [3.8, 4) is 0 Å². The van der Waals surface area contributed by atoms with Crippen LogP contribution < -0.4 is 0 Å². The van der Waals surface area contributed by atoms with Gasteiger partial charge in [-0.3, -0.25) is 4.79 Å². The van der Waals surface area contributed by atoms with Crippen LogP contribution in [0.5, 0.6) is 0 Å². The molecule has 0 aromatic carbocycles. The minimum atomic E-state index is -1.65. The molecule has 0 heterocycles. The van der Waals surface area contributed by atoms with Gasteiger partial charge in [0.1, 0.15) is 18.3 Å². The van der Waals surface area contributed by atoms with Gasteiger partial charge in [0.25, 0.3) is 0 Å². The summed E-state index contributed by atoms with van der Waals surface area (Å²) in [5, 5.41) is 19.2. The molecule has 0 fully saturated rings. The average Bonchev–Trinajstić information content (AvgIpc) is 2.19. The molecule has 1 rings (SSSR count). The molecular weight excluding hydrogens is 200 g/mol. The Kier molecular flexibility index (Phi) is 3.39. The zero-order chi connectivity index (χ0) is 11.5. The van der Waals surface area contributed by atoms with Gasteiger partial charge in [-0.2, -0.15) is 0 Å². The van der Waals surface area contributed by atoms with Gasteiger partial charge in [0, 0.05) is 6.92 Å². The van der Waals surface area contributed by atoms with E-state index in [2.05, 4.69) is 4.74 Å². The number of rotatable bonds is 3. The molecule has 0 aromatic heterocycles. The van der Waals surface area contributed by atoms with Crippen molar-refractivity contribution >= 4 is 11.8 Å². The lowest BCUT2D eigenvalue weighted by Gasteiger charge is -2.29. The Bertz CT molecular complexity index is 331. The van der Waals surface area contributed by atoms with Crippen LogP contribution in [0, 0.1) is 0 Å². The normalized spacial score (nSPS) is 28.9. The lowest BCUT2D eigenvalue weighted by Crippen LogP contribution is -2.45. The summed E-state index contributed by atoms with van der Waals surface area (Å²) in [6, 6.07) is 0. The summed E-state index contributed by atoms with van der Waals surface area (Å²) < 4.78 is 4.53. The van der Waals surface area contributed by atoms with Gasteiger partial charge < -0.3 is 14.9 Å². The standard InChI is InChI=1S/C10H12O5/c1-7(11)9(13)15-6-10(14)5-3-2-4-8(10)12/h2-5,8,12,14H,6H2,1H3. The highest BCUT2D eigenvalue weighted by Crippen LogP contribution is 2.18. The fraction of sp³-hybridized carbons (Fsp3) is 0.400. The van der Waals surface area contributed by atoms with Crippen LogP contribution in [0.15, 0.2) is 24.3 Å². The maximum atomic E-state index is 10.8. The predicted molar refractivity (Wildman–Crippen MR) is 50.9 cm³/mol. The molecule has 15 heavy (non-hydrogen) atoms. The van der Waals surface area contributed by atoms with Crippen LogP contribution in [-0.2, 0) is 14.3 Å². The lowest BCUT2D eigenvalue weighted by molar-refractivity contribution is -0.159. The average molecular weight is 212 g/mol. The summed E-state index contributed by atoms with van der Waals surface area (Å²) in [4.78, 5) is 21.4. The Morgan fingerprint density at radius 2 is 2.13 bits per heavy atom. The van der Waals surface area contributed by atoms with Gasteiger partial charge in [0.2, 0.25) is 5.78 Å². The minimum absolute atomic E-state index is 0.451. The van der Waals surface area contributed by atoms with Gasteiger partial charge in [0.05, 0.1) is 0 Å². The fourth-order valence-corrected chi connectivity index (χ4v) is 1.07. The van der Waals surface area contributed by atoms with Gasteiger partial charge in [0.15, 0.2) is 0 Å². The third-order valence-corrected chi connectivity index (χ3v) is 2.02. The summed E-state index contributed by atoms with van der Waals surface area (Å²) in [7, 11) is 0. The van der Waals surface area contributed by atoms with E-state index >= 15 is 0 Å². The number of aliphatic hydroxyl groups is 2. The van der Waals surface area contributed by atoms with Crippen molar-refractivity contribution < 1.29 is 24.5 Å². The highest BCUT2D eigenvalue weighted by molar-refractivity contribution is 6.32. The molecule has 2 N–H and O–H groups in total. The van der Waals surface area contributed by atoms with Gasteiger partial charge in [-0.1, -0.05) is 18.2 Å². The number of ether oxygens (including phenoxy) is 1. The maximum absolute atomic E-state index is 10.8. The van der Waals surface area contributed by atoms with Gasteiger partial charge in [-0.25, -0.2) is 4.79 Å². The smallest absolute Gasteiger partial charge is 0.374 e. The molecule has 1 aliphatic rings. The molecule has 2 atom stereocenters. The minimum Gasteiger partial charge on any atom is -0.456 e. The maximum Gasteiger partial charge on any atom is 0.374 e. The molecule has 2 unspecified atom stereocenters. The molecule has 82 valence electrons. The second-order valence-electron chi connectivity index (χ2n) is 3.31. The Balaban J connectivity index is 2.58. The summed E-state index contributed by atoms with van der Waals surface area (Å²) in [6.07, 6.45) is 4.61. The number of aliphatic hydroxyl groups excluding tert-OH is 1. The second-order valence-corrected chi connectivity index (χ2v) is 3.31. The SMILES string of the molecule is CC(=O)C(=O)OCC1(O)C=CC=CC1O. The zero-order valence-electron chi connectivity index (χ0n) is 8.21. The molecular formula is C10H12O5. The fourth-order valence-electron chi connectivity index (χ4n) is 1.07. The van der Waals surface area contributed by atoms with E-state index in [0.717, 1.165) is 6.92 Å². The topological polar surface area (TPSA) is 83.8 Å². The number of hydrogen-bond donors (Lipinski definition) is 2. The van der Waals surface area contributed by atoms with Gasteiger partial charge in [-0.05, 0) is 6.08 Å². The van der Waals surface area contributed by atoms with Crippen LogP contribution in [0.3, 0.4) is 0 Å². The number of Topliss-reactive ketones (excluding diaryl/α,β-unsaturated/α-hetero) is 1. The van der Waals surface area contributed by atoms with Crippen LogP contribution in [0.1, 0.15) is 6.92 Å². The van der Waals surface area contributed by atoms with E-state index in [0.29, 0.717) is 0 Å². The van der Waals surface area contributed by atoms with Crippen LogP contribution in [0.25, 0.3) is 0 Å². The summed E-state index contributed by atoms with van der Waals surface area (Å²) in [5.74, 6) is -1.78. The van der Waals surface area contributed by atoms with Crippen molar-refractivity contribution in [3.05, 3.63) is 24.3 Å². The summed E-state index contributed by atoms with van der Waals surface area (Å²) >= 11 is 0.